The maximum Gasteiger partial charge on any atom is 0.255 e. The van der Waals surface area contributed by atoms with Crippen molar-refractivity contribution >= 4 is 28.9 Å². The third-order valence-corrected chi connectivity index (χ3v) is 7.90. The second kappa shape index (κ2) is 9.46. The molecular formula is C26H32FN3O7. The molecule has 1 aromatic rings. The van der Waals surface area contributed by atoms with E-state index in [0.717, 1.165) is 0 Å². The van der Waals surface area contributed by atoms with Crippen molar-refractivity contribution in [2.45, 2.75) is 43.7 Å². The molecule has 37 heavy (non-hydrogen) atoms. The van der Waals surface area contributed by atoms with E-state index >= 15 is 0 Å². The largest absolute Gasteiger partial charge is 0.508 e. The van der Waals surface area contributed by atoms with Crippen molar-refractivity contribution in [1.82, 2.24) is 4.90 Å². The van der Waals surface area contributed by atoms with Crippen LogP contribution in [-0.4, -0.2) is 82.3 Å². The van der Waals surface area contributed by atoms with Crippen LogP contribution in [0.25, 0.3) is 5.76 Å². The Hall–Kier alpha value is -3.44. The number of phenolic OH excluding ortho intramolecular Hbond substituents is 1. The zero-order valence-corrected chi connectivity index (χ0v) is 21.0. The number of aryl methyl sites for hydroxylation is 1. The van der Waals surface area contributed by atoms with E-state index in [1.165, 1.54) is 4.90 Å². The monoisotopic (exact) mass is 517 g/mol. The topological polar surface area (TPSA) is 173 Å². The van der Waals surface area contributed by atoms with Gasteiger partial charge in [0.15, 0.2) is 11.4 Å². The lowest BCUT2D eigenvalue weighted by Crippen LogP contribution is -2.65. The van der Waals surface area contributed by atoms with E-state index in [1.807, 2.05) is 0 Å². The fraction of sp³-hybridized carbons (Fsp3) is 0.500. The average molecular weight is 518 g/mol. The van der Waals surface area contributed by atoms with E-state index in [9.17, 15) is 39.2 Å². The van der Waals surface area contributed by atoms with Crippen molar-refractivity contribution in [1.29, 1.82) is 0 Å². The van der Waals surface area contributed by atoms with Crippen LogP contribution in [0.4, 0.5) is 10.1 Å². The third kappa shape index (κ3) is 3.79. The van der Waals surface area contributed by atoms with Gasteiger partial charge in [0, 0.05) is 24.2 Å². The number of anilines is 1. The minimum Gasteiger partial charge on any atom is -0.508 e. The molecule has 0 heterocycles. The predicted octanol–water partition coefficient (Wildman–Crippen LogP) is 1.30. The van der Waals surface area contributed by atoms with Crippen LogP contribution >= 0.6 is 0 Å². The summed E-state index contributed by atoms with van der Waals surface area (Å²) in [6, 6.07) is 0.596. The summed E-state index contributed by atoms with van der Waals surface area (Å²) in [7, 11) is 4.78. The number of aliphatic hydroxyl groups is 3. The number of ketones is 2. The number of carbonyl (C=O) groups excluding carboxylic acids is 3. The van der Waals surface area contributed by atoms with Gasteiger partial charge in [0.1, 0.15) is 22.8 Å². The molecule has 3 aliphatic rings. The molecule has 0 saturated heterocycles. The molecule has 0 spiro atoms. The summed E-state index contributed by atoms with van der Waals surface area (Å²) >= 11 is 0. The number of carbonyl (C=O) groups is 3. The summed E-state index contributed by atoms with van der Waals surface area (Å²) < 4.78 is 12.6. The molecule has 0 radical (unpaired) electrons. The fourth-order valence-corrected chi connectivity index (χ4v) is 6.19. The first-order chi connectivity index (χ1) is 17.4. The van der Waals surface area contributed by atoms with Gasteiger partial charge in [-0.2, -0.15) is 0 Å². The minimum atomic E-state index is -2.68. The first-order valence-corrected chi connectivity index (χ1v) is 12.2. The highest BCUT2D eigenvalue weighted by Crippen LogP contribution is 2.53. The molecular weight excluding hydrogens is 485 g/mol. The Bertz CT molecular complexity index is 1260. The van der Waals surface area contributed by atoms with Gasteiger partial charge in [-0.15, -0.1) is 0 Å². The Morgan fingerprint density at radius 2 is 1.92 bits per heavy atom. The van der Waals surface area contributed by atoms with Crippen LogP contribution in [-0.2, 0) is 27.2 Å². The summed E-state index contributed by atoms with van der Waals surface area (Å²) in [5.74, 6) is -6.82. The second-order valence-corrected chi connectivity index (χ2v) is 10.1. The molecule has 1 aromatic carbocycles. The number of hydrogen-bond donors (Lipinski definition) is 6. The number of halogens is 1. The normalized spacial score (nSPS) is 27.2. The summed E-state index contributed by atoms with van der Waals surface area (Å²) in [6.45, 7) is -0.503. The zero-order chi connectivity index (χ0) is 27.4. The van der Waals surface area contributed by atoms with Gasteiger partial charge in [0.2, 0.25) is 5.78 Å². The quantitative estimate of drug-likeness (QED) is 0.177. The van der Waals surface area contributed by atoms with Crippen LogP contribution in [0.15, 0.2) is 23.0 Å². The smallest absolute Gasteiger partial charge is 0.255 e. The van der Waals surface area contributed by atoms with E-state index in [2.05, 4.69) is 5.32 Å². The zero-order valence-electron chi connectivity index (χ0n) is 21.0. The van der Waals surface area contributed by atoms with E-state index in [-0.39, 0.29) is 29.7 Å². The molecule has 0 aromatic heterocycles. The lowest BCUT2D eigenvalue weighted by Gasteiger charge is -2.50. The lowest BCUT2D eigenvalue weighted by molar-refractivity contribution is -0.153. The number of unbranched alkanes of at least 4 members (excludes halogenated alkanes) is 1. The summed E-state index contributed by atoms with van der Waals surface area (Å²) in [5.41, 5.74) is 3.26. The van der Waals surface area contributed by atoms with Crippen LogP contribution in [0, 0.1) is 11.8 Å². The Morgan fingerprint density at radius 1 is 1.24 bits per heavy atom. The first-order valence-electron chi connectivity index (χ1n) is 12.2. The SMILES string of the molecule is CNc1cc(CCCCF)c(O)c2c1C[C@H]1C[C@H]3[C@H](N(C)C)C(=O)C(C(N)=O)=C(O)[C@@]3(O)C(=O)C1=C2O. The number of primary amides is 1. The van der Waals surface area contributed by atoms with Gasteiger partial charge in [0.05, 0.1) is 18.3 Å². The molecule has 10 nitrogen and oxygen atoms in total. The summed E-state index contributed by atoms with van der Waals surface area (Å²) in [5, 5.41) is 48.0. The van der Waals surface area contributed by atoms with E-state index in [4.69, 9.17) is 5.73 Å². The van der Waals surface area contributed by atoms with Gasteiger partial charge in [-0.25, -0.2) is 0 Å². The van der Waals surface area contributed by atoms with Gasteiger partial charge in [-0.3, -0.25) is 23.7 Å². The number of likely N-dealkylation sites (N-methyl/N-ethyl adjacent to an activating group) is 1. The number of nitrogens with one attached hydrogen (secondary N) is 1. The summed E-state index contributed by atoms with van der Waals surface area (Å²) in [4.78, 5) is 40.5. The maximum atomic E-state index is 13.9. The average Bonchev–Trinajstić information content (AvgIpc) is 2.82. The van der Waals surface area contributed by atoms with Crippen LogP contribution in [0.5, 0.6) is 5.75 Å². The highest BCUT2D eigenvalue weighted by atomic mass is 19.1. The van der Waals surface area contributed by atoms with Gasteiger partial charge < -0.3 is 31.5 Å². The number of amides is 1. The van der Waals surface area contributed by atoms with E-state index in [1.54, 1.807) is 27.2 Å². The van der Waals surface area contributed by atoms with Gasteiger partial charge in [0.25, 0.3) is 5.91 Å². The molecule has 1 amide bonds. The number of alkyl halides is 1. The number of phenols is 1. The summed E-state index contributed by atoms with van der Waals surface area (Å²) in [6.07, 6.45) is 1.31. The molecule has 3 aliphatic carbocycles. The molecule has 11 heteroatoms. The highest BCUT2D eigenvalue weighted by Gasteiger charge is 2.64. The number of nitrogens with two attached hydrogens (primary N) is 1. The fourth-order valence-electron chi connectivity index (χ4n) is 6.19. The second-order valence-electron chi connectivity index (χ2n) is 10.1. The first kappa shape index (κ1) is 26.6. The standard InChI is InChI=1S/C26H32FN3O7/c1-29-15-10-11(6-4-5-7-27)20(31)17-13(15)8-12-9-14-19(30(2)3)22(33)18(25(28)36)24(35)26(14,37)23(34)16(12)21(17)32/h10,12,14,19,29,31-32,35,37H,4-9H2,1-3H3,(H2,28,36)/t12-,14-,19-,26-/m0/s1. The number of nitrogens with zero attached hydrogens (tertiary/aromatic N) is 1. The molecule has 0 aliphatic heterocycles. The molecule has 200 valence electrons. The number of aromatic hydroxyl groups is 1. The van der Waals surface area contributed by atoms with Crippen LogP contribution in [0.1, 0.15) is 36.0 Å². The Balaban J connectivity index is 1.93. The number of rotatable bonds is 7. The third-order valence-electron chi connectivity index (χ3n) is 7.90. The molecule has 7 N–H and O–H groups in total. The number of aliphatic hydroxyl groups excluding tert-OH is 2. The molecule has 1 saturated carbocycles. The van der Waals surface area contributed by atoms with Gasteiger partial charge >= 0.3 is 0 Å². The molecule has 4 atom stereocenters. The van der Waals surface area contributed by atoms with Crippen molar-refractivity contribution in [2.24, 2.45) is 17.6 Å². The van der Waals surface area contributed by atoms with Crippen LogP contribution in [0.2, 0.25) is 0 Å². The Labute approximate surface area is 213 Å². The predicted molar refractivity (Wildman–Crippen MR) is 133 cm³/mol. The van der Waals surface area contributed by atoms with Crippen molar-refractivity contribution in [3.05, 3.63) is 39.7 Å². The van der Waals surface area contributed by atoms with Gasteiger partial charge in [-0.05, 0) is 69.3 Å². The number of benzene rings is 1. The lowest BCUT2D eigenvalue weighted by atomic mass is 9.57. The van der Waals surface area contributed by atoms with E-state index in [0.29, 0.717) is 36.1 Å². The molecule has 0 bridgehead atoms. The number of hydrogen-bond acceptors (Lipinski definition) is 9. The van der Waals surface area contributed by atoms with Crippen LogP contribution in [0.3, 0.4) is 0 Å². The van der Waals surface area contributed by atoms with Crippen molar-refractivity contribution in [3.63, 3.8) is 0 Å². The number of fused-ring (bicyclic) bond motifs is 3. The van der Waals surface area contributed by atoms with Crippen LogP contribution < -0.4 is 11.1 Å². The molecule has 4 rings (SSSR count). The molecule has 0 unspecified atom stereocenters. The Morgan fingerprint density at radius 3 is 2.49 bits per heavy atom. The van der Waals surface area contributed by atoms with Crippen molar-refractivity contribution in [3.8, 4) is 5.75 Å². The van der Waals surface area contributed by atoms with E-state index < -0.39 is 64.7 Å². The minimum absolute atomic E-state index is 0.0218. The van der Waals surface area contributed by atoms with Crippen molar-refractivity contribution in [2.75, 3.05) is 33.1 Å². The maximum absolute atomic E-state index is 13.9. The highest BCUT2D eigenvalue weighted by molar-refractivity contribution is 6.24. The van der Waals surface area contributed by atoms with Gasteiger partial charge in [-0.1, -0.05) is 0 Å². The Kier molecular flexibility index (Phi) is 6.80. The number of Topliss-reactive ketones (excluding diaryl/α,β-unsaturated/α-hetero) is 2. The molecule has 1 fully saturated rings. The van der Waals surface area contributed by atoms with Crippen molar-refractivity contribution < 1.29 is 39.2 Å².